The first-order valence-electron chi connectivity index (χ1n) is 6.29. The third-order valence-electron chi connectivity index (χ3n) is 3.26. The van der Waals surface area contributed by atoms with E-state index in [1.54, 1.807) is 25.3 Å². The van der Waals surface area contributed by atoms with Crippen LogP contribution in [-0.2, 0) is 16.8 Å². The fourth-order valence-electron chi connectivity index (χ4n) is 2.04. The van der Waals surface area contributed by atoms with Gasteiger partial charge in [0.25, 0.3) is 0 Å². The number of rotatable bonds is 4. The zero-order valence-electron chi connectivity index (χ0n) is 11.7. The summed E-state index contributed by atoms with van der Waals surface area (Å²) in [5.74, 6) is 0.488. The molecule has 0 fully saturated rings. The highest BCUT2D eigenvalue weighted by molar-refractivity contribution is 7.71. The van der Waals surface area contributed by atoms with E-state index >= 15 is 0 Å². The molecule has 1 heterocycles. The van der Waals surface area contributed by atoms with Gasteiger partial charge in [0.2, 0.25) is 0 Å². The molecular weight excluding hydrogens is 275 g/mol. The number of hydrogen-bond donors (Lipinski definition) is 1. The maximum Gasteiger partial charge on any atom is 0.130 e. The minimum Gasteiger partial charge on any atom is -0.378 e. The van der Waals surface area contributed by atoms with E-state index in [0.717, 1.165) is 17.1 Å². The number of aromatic amines is 1. The van der Waals surface area contributed by atoms with Crippen molar-refractivity contribution in [1.82, 2.24) is 9.97 Å². The molecule has 0 aliphatic heterocycles. The van der Waals surface area contributed by atoms with E-state index in [4.69, 9.17) is 17.0 Å². The molecule has 0 saturated carbocycles. The van der Waals surface area contributed by atoms with Crippen molar-refractivity contribution in [1.29, 1.82) is 0 Å². The summed E-state index contributed by atoms with van der Waals surface area (Å²) in [5.41, 5.74) is 1.44. The molecule has 0 bridgehead atoms. The Balaban J connectivity index is 2.47. The summed E-state index contributed by atoms with van der Waals surface area (Å²) in [6, 6.07) is 8.20. The Morgan fingerprint density at radius 1 is 1.30 bits per heavy atom. The topological polar surface area (TPSA) is 37.9 Å². The highest BCUT2D eigenvalue weighted by Crippen LogP contribution is 2.29. The van der Waals surface area contributed by atoms with E-state index in [2.05, 4.69) is 9.97 Å². The van der Waals surface area contributed by atoms with Crippen LogP contribution in [0.1, 0.15) is 30.9 Å². The zero-order chi connectivity index (χ0) is 14.8. The molecule has 1 aromatic carbocycles. The van der Waals surface area contributed by atoms with Crippen LogP contribution >= 0.6 is 12.2 Å². The second-order valence-electron chi connectivity index (χ2n) is 5.16. The molecule has 2 aromatic rings. The molecule has 3 nitrogen and oxygen atoms in total. The van der Waals surface area contributed by atoms with Crippen molar-refractivity contribution in [2.45, 2.75) is 25.9 Å². The predicted octanol–water partition coefficient (Wildman–Crippen LogP) is 3.75. The summed E-state index contributed by atoms with van der Waals surface area (Å²) in [6.45, 7) is 4.48. The zero-order valence-corrected chi connectivity index (χ0v) is 12.6. The molecule has 0 unspecified atom stereocenters. The van der Waals surface area contributed by atoms with Crippen LogP contribution in [0.15, 0.2) is 30.3 Å². The SMILES string of the molecule is COCc1cc(=S)nc(C(C)(C)c2ccc(F)cc2)[nH]1. The number of benzene rings is 1. The number of aromatic nitrogens is 2. The molecule has 0 atom stereocenters. The van der Waals surface area contributed by atoms with E-state index in [1.165, 1.54) is 12.1 Å². The van der Waals surface area contributed by atoms with Gasteiger partial charge in [-0.1, -0.05) is 24.4 Å². The molecule has 0 saturated heterocycles. The van der Waals surface area contributed by atoms with Crippen LogP contribution in [0.3, 0.4) is 0 Å². The summed E-state index contributed by atoms with van der Waals surface area (Å²) in [6.07, 6.45) is 0. The highest BCUT2D eigenvalue weighted by Gasteiger charge is 2.26. The largest absolute Gasteiger partial charge is 0.378 e. The lowest BCUT2D eigenvalue weighted by Gasteiger charge is -2.25. The molecule has 106 valence electrons. The van der Waals surface area contributed by atoms with Gasteiger partial charge in [0.1, 0.15) is 16.3 Å². The summed E-state index contributed by atoms with van der Waals surface area (Å²) in [7, 11) is 1.63. The Morgan fingerprint density at radius 2 is 1.95 bits per heavy atom. The van der Waals surface area contributed by atoms with Gasteiger partial charge in [-0.15, -0.1) is 0 Å². The van der Waals surface area contributed by atoms with Crippen molar-refractivity contribution < 1.29 is 9.13 Å². The van der Waals surface area contributed by atoms with E-state index in [0.29, 0.717) is 11.2 Å². The standard InChI is InChI=1S/C15H17FN2OS/c1-15(2,10-4-6-11(16)7-5-10)14-17-12(9-19-3)8-13(20)18-14/h4-8H,9H2,1-3H3,(H,17,18,20). The van der Waals surface area contributed by atoms with Gasteiger partial charge < -0.3 is 9.72 Å². The fraction of sp³-hybridized carbons (Fsp3) is 0.333. The number of hydrogen-bond acceptors (Lipinski definition) is 3. The van der Waals surface area contributed by atoms with Crippen LogP contribution < -0.4 is 0 Å². The quantitative estimate of drug-likeness (QED) is 0.872. The summed E-state index contributed by atoms with van der Waals surface area (Å²) in [5, 5.41) is 0. The van der Waals surface area contributed by atoms with Crippen LogP contribution in [0, 0.1) is 10.5 Å². The van der Waals surface area contributed by atoms with Gasteiger partial charge in [-0.3, -0.25) is 0 Å². The van der Waals surface area contributed by atoms with E-state index < -0.39 is 5.41 Å². The highest BCUT2D eigenvalue weighted by atomic mass is 32.1. The number of H-pyrrole nitrogens is 1. The lowest BCUT2D eigenvalue weighted by molar-refractivity contribution is 0.181. The molecule has 5 heteroatoms. The van der Waals surface area contributed by atoms with Crippen molar-refractivity contribution in [2.24, 2.45) is 0 Å². The van der Waals surface area contributed by atoms with Gasteiger partial charge in [-0.25, -0.2) is 9.37 Å². The van der Waals surface area contributed by atoms with Gasteiger partial charge in [0.15, 0.2) is 0 Å². The summed E-state index contributed by atoms with van der Waals surface area (Å²) < 4.78 is 18.7. The minimum absolute atomic E-state index is 0.251. The van der Waals surface area contributed by atoms with Crippen LogP contribution in [0.4, 0.5) is 4.39 Å². The number of ether oxygens (including phenoxy) is 1. The fourth-order valence-corrected chi connectivity index (χ4v) is 2.27. The number of methoxy groups -OCH3 is 1. The van der Waals surface area contributed by atoms with E-state index in [9.17, 15) is 4.39 Å². The molecular formula is C15H17FN2OS. The van der Waals surface area contributed by atoms with Gasteiger partial charge >= 0.3 is 0 Å². The smallest absolute Gasteiger partial charge is 0.130 e. The van der Waals surface area contributed by atoms with Crippen LogP contribution in [0.5, 0.6) is 0 Å². The van der Waals surface area contributed by atoms with Crippen molar-refractivity contribution in [3.63, 3.8) is 0 Å². The summed E-state index contributed by atoms with van der Waals surface area (Å²) >= 11 is 5.19. The van der Waals surface area contributed by atoms with Gasteiger partial charge in [0, 0.05) is 18.2 Å². The average Bonchev–Trinajstić information content (AvgIpc) is 2.39. The van der Waals surface area contributed by atoms with Crippen molar-refractivity contribution >= 4 is 12.2 Å². The molecule has 2 rings (SSSR count). The molecule has 0 radical (unpaired) electrons. The first-order chi connectivity index (χ1) is 9.43. The maximum absolute atomic E-state index is 13.0. The molecule has 0 amide bonds. The van der Waals surface area contributed by atoms with Gasteiger partial charge in [-0.2, -0.15) is 0 Å². The van der Waals surface area contributed by atoms with E-state index in [-0.39, 0.29) is 5.82 Å². The predicted molar refractivity (Wildman–Crippen MR) is 78.7 cm³/mol. The second-order valence-corrected chi connectivity index (χ2v) is 5.58. The Kier molecular flexibility index (Phi) is 4.30. The van der Waals surface area contributed by atoms with Crippen molar-refractivity contribution in [3.05, 3.63) is 57.9 Å². The lowest BCUT2D eigenvalue weighted by Crippen LogP contribution is -2.23. The Hall–Kier alpha value is -1.59. The lowest BCUT2D eigenvalue weighted by atomic mass is 9.83. The number of nitrogens with one attached hydrogen (secondary N) is 1. The molecule has 0 spiro atoms. The van der Waals surface area contributed by atoms with Crippen molar-refractivity contribution in [3.8, 4) is 0 Å². The van der Waals surface area contributed by atoms with Gasteiger partial charge in [-0.05, 0) is 37.6 Å². The number of halogens is 1. The normalized spacial score (nSPS) is 11.6. The minimum atomic E-state index is -0.398. The third-order valence-corrected chi connectivity index (χ3v) is 3.47. The molecule has 1 aromatic heterocycles. The Morgan fingerprint density at radius 3 is 2.55 bits per heavy atom. The van der Waals surface area contributed by atoms with Crippen molar-refractivity contribution in [2.75, 3.05) is 7.11 Å². The monoisotopic (exact) mass is 292 g/mol. The van der Waals surface area contributed by atoms with Gasteiger partial charge in [0.05, 0.1) is 6.61 Å². The summed E-state index contributed by atoms with van der Waals surface area (Å²) in [4.78, 5) is 7.64. The first-order valence-corrected chi connectivity index (χ1v) is 6.70. The molecule has 1 N–H and O–H groups in total. The maximum atomic E-state index is 13.0. The molecule has 0 aliphatic carbocycles. The second kappa shape index (κ2) is 5.81. The molecule has 0 aliphatic rings. The third kappa shape index (κ3) is 3.11. The Labute approximate surface area is 122 Å². The molecule has 20 heavy (non-hydrogen) atoms. The van der Waals surface area contributed by atoms with Crippen LogP contribution in [0.2, 0.25) is 0 Å². The first kappa shape index (κ1) is 14.8. The Bertz CT molecular complexity index is 650. The van der Waals surface area contributed by atoms with Crippen LogP contribution in [-0.4, -0.2) is 17.1 Å². The number of nitrogens with zero attached hydrogens (tertiary/aromatic N) is 1. The van der Waals surface area contributed by atoms with E-state index in [1.807, 2.05) is 13.8 Å². The average molecular weight is 292 g/mol. The van der Waals surface area contributed by atoms with Crippen LogP contribution in [0.25, 0.3) is 0 Å².